The quantitative estimate of drug-likeness (QED) is 0.594. The molecule has 0 unspecified atom stereocenters. The molecule has 0 radical (unpaired) electrons. The molecular weight excluding hydrogens is 440 g/mol. The van der Waals surface area contributed by atoms with Crippen LogP contribution in [0.25, 0.3) is 11.5 Å². The summed E-state index contributed by atoms with van der Waals surface area (Å²) in [6, 6.07) is 15.3. The summed E-state index contributed by atoms with van der Waals surface area (Å²) in [5.41, 5.74) is 1.39. The molecule has 9 heteroatoms. The molecule has 2 aromatic carbocycles. The van der Waals surface area contributed by atoms with E-state index in [2.05, 4.69) is 14.7 Å². The van der Waals surface area contributed by atoms with Gasteiger partial charge < -0.3 is 14.6 Å². The number of aromatic nitrogens is 1. The van der Waals surface area contributed by atoms with Crippen LogP contribution in [0.15, 0.2) is 68.3 Å². The van der Waals surface area contributed by atoms with Crippen LogP contribution in [0.3, 0.4) is 0 Å². The van der Waals surface area contributed by atoms with Gasteiger partial charge in [0.25, 0.3) is 15.9 Å². The molecule has 1 aromatic heterocycles. The smallest absolute Gasteiger partial charge is 0.283 e. The monoisotopic (exact) mass is 466 g/mol. The van der Waals surface area contributed by atoms with Crippen LogP contribution in [-0.2, 0) is 10.0 Å². The predicted molar refractivity (Wildman–Crippen MR) is 127 cm³/mol. The number of amides is 1. The number of aryl methyl sites for hydroxylation is 1. The Morgan fingerprint density at radius 3 is 2.52 bits per heavy atom. The van der Waals surface area contributed by atoms with Crippen molar-refractivity contribution >= 4 is 27.5 Å². The van der Waals surface area contributed by atoms with E-state index in [0.717, 1.165) is 31.4 Å². The molecule has 1 aliphatic rings. The van der Waals surface area contributed by atoms with Crippen molar-refractivity contribution in [1.82, 2.24) is 9.88 Å². The van der Waals surface area contributed by atoms with Gasteiger partial charge in [-0.15, -0.1) is 4.40 Å². The predicted octanol–water partition coefficient (Wildman–Crippen LogP) is 4.50. The molecule has 0 spiro atoms. The molecule has 0 aliphatic carbocycles. The van der Waals surface area contributed by atoms with Crippen LogP contribution in [0, 0.1) is 6.92 Å². The van der Waals surface area contributed by atoms with Gasteiger partial charge in [0.15, 0.2) is 5.69 Å². The summed E-state index contributed by atoms with van der Waals surface area (Å²) in [6.45, 7) is 2.47. The van der Waals surface area contributed by atoms with Gasteiger partial charge in [-0.05, 0) is 56.2 Å². The molecule has 8 nitrogen and oxygen atoms in total. The second-order valence-electron chi connectivity index (χ2n) is 7.98. The van der Waals surface area contributed by atoms with Crippen LogP contribution in [0.4, 0.5) is 5.69 Å². The minimum absolute atomic E-state index is 0.0784. The molecule has 0 bridgehead atoms. The maximum absolute atomic E-state index is 12.8. The number of likely N-dealkylation sites (tertiary alicyclic amines) is 1. The number of nitrogens with one attached hydrogen (secondary N) is 1. The fourth-order valence-corrected chi connectivity index (χ4v) is 4.74. The lowest BCUT2D eigenvalue weighted by Crippen LogP contribution is -2.26. The van der Waals surface area contributed by atoms with Crippen LogP contribution in [0.2, 0.25) is 0 Å². The Hall–Kier alpha value is -3.46. The number of benzene rings is 2. The van der Waals surface area contributed by atoms with E-state index >= 15 is 0 Å². The highest BCUT2D eigenvalue weighted by Gasteiger charge is 2.20. The summed E-state index contributed by atoms with van der Waals surface area (Å²) in [6.07, 6.45) is 3.67. The highest BCUT2D eigenvalue weighted by atomic mass is 32.2. The molecule has 1 aliphatic heterocycles. The molecule has 172 valence electrons. The number of nitrogens with zero attached hydrogens (tertiary/aromatic N) is 3. The number of oxazole rings is 1. The third-order valence-electron chi connectivity index (χ3n) is 5.50. The van der Waals surface area contributed by atoms with Crippen LogP contribution in [0.1, 0.15) is 41.9 Å². The zero-order valence-corrected chi connectivity index (χ0v) is 19.4. The van der Waals surface area contributed by atoms with E-state index in [1.165, 1.54) is 24.3 Å². The van der Waals surface area contributed by atoms with Crippen LogP contribution < -0.4 is 5.32 Å². The lowest BCUT2D eigenvalue weighted by atomic mass is 10.2. The molecule has 33 heavy (non-hydrogen) atoms. The van der Waals surface area contributed by atoms with Gasteiger partial charge in [0.05, 0.1) is 4.90 Å². The lowest BCUT2D eigenvalue weighted by Gasteiger charge is -2.17. The van der Waals surface area contributed by atoms with E-state index in [1.807, 2.05) is 42.3 Å². The Morgan fingerprint density at radius 2 is 1.79 bits per heavy atom. The SMILES string of the molecule is Cc1oc(-c2ccccc2)nc1C(=O)Nc1ccc(S(=O)(=O)/N=C2\CCCCCN2C)cc1. The minimum atomic E-state index is -3.83. The molecule has 2 heterocycles. The Bertz CT molecular complexity index is 1270. The number of hydrogen-bond acceptors (Lipinski definition) is 5. The average Bonchev–Trinajstić information content (AvgIpc) is 3.09. The standard InChI is InChI=1S/C24H26N4O4S/c1-17-22(26-24(32-17)18-9-5-3-6-10-18)23(29)25-19-12-14-20(15-13-19)33(30,31)27-21-11-7-4-8-16-28(21)2/h3,5-6,9-10,12-15H,4,7-8,11,16H2,1-2H3,(H,25,29)/b27-21+. The first-order valence-corrected chi connectivity index (χ1v) is 12.3. The van der Waals surface area contributed by atoms with Crippen molar-refractivity contribution in [1.29, 1.82) is 0 Å². The lowest BCUT2D eigenvalue weighted by molar-refractivity contribution is 0.102. The molecule has 1 fully saturated rings. The summed E-state index contributed by atoms with van der Waals surface area (Å²) in [5, 5.41) is 2.74. The van der Waals surface area contributed by atoms with Gasteiger partial charge in [0.2, 0.25) is 5.89 Å². The average molecular weight is 467 g/mol. The Labute approximate surface area is 193 Å². The zero-order chi connectivity index (χ0) is 23.4. The van der Waals surface area contributed by atoms with E-state index in [-0.39, 0.29) is 10.6 Å². The summed E-state index contributed by atoms with van der Waals surface area (Å²) < 4.78 is 35.3. The van der Waals surface area contributed by atoms with Gasteiger partial charge >= 0.3 is 0 Å². The van der Waals surface area contributed by atoms with Crippen molar-refractivity contribution in [2.75, 3.05) is 18.9 Å². The van der Waals surface area contributed by atoms with Crippen molar-refractivity contribution in [2.45, 2.75) is 37.5 Å². The number of sulfonamides is 1. The first kappa shape index (κ1) is 22.7. The van der Waals surface area contributed by atoms with Crippen LogP contribution in [-0.4, -0.2) is 43.6 Å². The molecule has 4 rings (SSSR count). The molecule has 3 aromatic rings. The van der Waals surface area contributed by atoms with Gasteiger partial charge in [-0.1, -0.05) is 24.6 Å². The molecule has 1 N–H and O–H groups in total. The van der Waals surface area contributed by atoms with E-state index < -0.39 is 15.9 Å². The van der Waals surface area contributed by atoms with E-state index in [1.54, 1.807) is 6.92 Å². The highest BCUT2D eigenvalue weighted by molar-refractivity contribution is 7.90. The fourth-order valence-electron chi connectivity index (χ4n) is 3.65. The number of amidine groups is 1. The first-order valence-electron chi connectivity index (χ1n) is 10.8. The van der Waals surface area contributed by atoms with Crippen molar-refractivity contribution in [3.05, 3.63) is 66.1 Å². The fraction of sp³-hybridized carbons (Fsp3) is 0.292. The summed E-state index contributed by atoms with van der Waals surface area (Å²) in [7, 11) is -1.97. The normalized spacial score (nSPS) is 15.9. The van der Waals surface area contributed by atoms with Crippen LogP contribution in [0.5, 0.6) is 0 Å². The van der Waals surface area contributed by atoms with Crippen molar-refractivity contribution in [3.8, 4) is 11.5 Å². The number of anilines is 1. The summed E-state index contributed by atoms with van der Waals surface area (Å²) >= 11 is 0. The van der Waals surface area contributed by atoms with Gasteiger partial charge in [-0.2, -0.15) is 8.42 Å². The first-order chi connectivity index (χ1) is 15.8. The van der Waals surface area contributed by atoms with Crippen molar-refractivity contribution in [3.63, 3.8) is 0 Å². The second-order valence-corrected chi connectivity index (χ2v) is 9.59. The number of carbonyl (C=O) groups is 1. The van der Waals surface area contributed by atoms with Gasteiger partial charge in [-0.3, -0.25) is 4.79 Å². The zero-order valence-electron chi connectivity index (χ0n) is 18.6. The van der Waals surface area contributed by atoms with Gasteiger partial charge in [0, 0.05) is 31.3 Å². The van der Waals surface area contributed by atoms with Gasteiger partial charge in [0.1, 0.15) is 11.6 Å². The third-order valence-corrected chi connectivity index (χ3v) is 6.82. The van der Waals surface area contributed by atoms with Crippen molar-refractivity contribution < 1.29 is 17.6 Å². The van der Waals surface area contributed by atoms with Crippen LogP contribution >= 0.6 is 0 Å². The van der Waals surface area contributed by atoms with E-state index in [9.17, 15) is 13.2 Å². The number of rotatable bonds is 5. The summed E-state index contributed by atoms with van der Waals surface area (Å²) in [4.78, 5) is 19.0. The molecular formula is C24H26N4O4S. The Morgan fingerprint density at radius 1 is 1.06 bits per heavy atom. The summed E-state index contributed by atoms with van der Waals surface area (Å²) in [5.74, 6) is 0.908. The van der Waals surface area contributed by atoms with E-state index in [0.29, 0.717) is 29.6 Å². The second kappa shape index (κ2) is 9.58. The Kier molecular flexibility index (Phi) is 6.60. The highest BCUT2D eigenvalue weighted by Crippen LogP contribution is 2.23. The molecule has 1 amide bonds. The Balaban J connectivity index is 1.49. The molecule has 0 atom stereocenters. The minimum Gasteiger partial charge on any atom is -0.441 e. The third kappa shape index (κ3) is 5.31. The van der Waals surface area contributed by atoms with Crippen molar-refractivity contribution in [2.24, 2.45) is 4.40 Å². The number of carbonyl (C=O) groups excluding carboxylic acids is 1. The van der Waals surface area contributed by atoms with E-state index in [4.69, 9.17) is 4.42 Å². The molecule has 1 saturated heterocycles. The maximum atomic E-state index is 12.8. The molecule has 0 saturated carbocycles. The topological polar surface area (TPSA) is 105 Å². The van der Waals surface area contributed by atoms with Gasteiger partial charge in [-0.25, -0.2) is 4.98 Å². The number of hydrogen-bond donors (Lipinski definition) is 1. The largest absolute Gasteiger partial charge is 0.441 e. The maximum Gasteiger partial charge on any atom is 0.283 e.